The van der Waals surface area contributed by atoms with Crippen LogP contribution in [-0.2, 0) is 0 Å². The van der Waals surface area contributed by atoms with Gasteiger partial charge in [0.2, 0.25) is 0 Å². The average Bonchev–Trinajstić information content (AvgIpc) is 2.68. The highest BCUT2D eigenvalue weighted by Gasteiger charge is 2.15. The number of nitrogens with zero attached hydrogens (tertiary/aromatic N) is 2. The van der Waals surface area contributed by atoms with E-state index in [4.69, 9.17) is 9.47 Å². The van der Waals surface area contributed by atoms with Gasteiger partial charge in [-0.05, 0) is 77.7 Å². The lowest BCUT2D eigenvalue weighted by atomic mass is 10.0. The molecule has 0 saturated heterocycles. The Kier molecular flexibility index (Phi) is 7.59. The molecule has 0 unspecified atom stereocenters. The summed E-state index contributed by atoms with van der Waals surface area (Å²) in [5, 5.41) is 20.4. The molecule has 0 N–H and O–H groups in total. The summed E-state index contributed by atoms with van der Waals surface area (Å²) in [5.74, 6) is 1.21. The predicted molar refractivity (Wildman–Crippen MR) is 112 cm³/mol. The molecule has 0 aliphatic rings. The number of halogens is 1. The highest BCUT2D eigenvalue weighted by atomic mass is 79.9. The minimum absolute atomic E-state index is 0.0195. The molecule has 0 amide bonds. The minimum atomic E-state index is -0.471. The molecular formula is C21H21BrN2O4. The van der Waals surface area contributed by atoms with E-state index < -0.39 is 4.92 Å². The number of allylic oxidation sites excluding steroid dienone is 1. The van der Waals surface area contributed by atoms with E-state index in [9.17, 15) is 15.4 Å². The summed E-state index contributed by atoms with van der Waals surface area (Å²) in [6, 6.07) is 11.7. The van der Waals surface area contributed by atoms with Gasteiger partial charge in [0.25, 0.3) is 5.69 Å². The van der Waals surface area contributed by atoms with Gasteiger partial charge in [0.1, 0.15) is 0 Å². The van der Waals surface area contributed by atoms with Crippen LogP contribution in [0.3, 0.4) is 0 Å². The zero-order chi connectivity index (χ0) is 20.7. The molecule has 2 aromatic carbocycles. The highest BCUT2D eigenvalue weighted by molar-refractivity contribution is 9.10. The number of non-ortho nitro benzene ring substituents is 1. The number of nitriles is 1. The number of benzene rings is 2. The lowest BCUT2D eigenvalue weighted by Gasteiger charge is -2.18. The zero-order valence-electron chi connectivity index (χ0n) is 15.9. The van der Waals surface area contributed by atoms with Gasteiger partial charge in [-0.25, -0.2) is 0 Å². The van der Waals surface area contributed by atoms with E-state index in [1.54, 1.807) is 18.2 Å². The fourth-order valence-electron chi connectivity index (χ4n) is 2.44. The summed E-state index contributed by atoms with van der Waals surface area (Å²) >= 11 is 3.53. The van der Waals surface area contributed by atoms with E-state index in [1.807, 2.05) is 32.9 Å². The van der Waals surface area contributed by atoms with E-state index in [2.05, 4.69) is 22.0 Å². The number of hydrogen-bond acceptors (Lipinski definition) is 5. The minimum Gasteiger partial charge on any atom is -0.490 e. The van der Waals surface area contributed by atoms with Crippen LogP contribution in [0.2, 0.25) is 0 Å². The first-order valence-electron chi connectivity index (χ1n) is 8.89. The maximum Gasteiger partial charge on any atom is 0.269 e. The first-order chi connectivity index (χ1) is 13.4. The second kappa shape index (κ2) is 9.90. The highest BCUT2D eigenvalue weighted by Crippen LogP contribution is 2.38. The molecular weight excluding hydrogens is 424 g/mol. The molecule has 0 heterocycles. The monoisotopic (exact) mass is 444 g/mol. The van der Waals surface area contributed by atoms with Crippen LogP contribution >= 0.6 is 15.9 Å². The number of ether oxygens (including phenoxy) is 2. The van der Waals surface area contributed by atoms with Gasteiger partial charge in [-0.1, -0.05) is 6.92 Å². The van der Waals surface area contributed by atoms with Crippen molar-refractivity contribution in [1.29, 1.82) is 5.26 Å². The number of hydrogen-bond donors (Lipinski definition) is 0. The van der Waals surface area contributed by atoms with Gasteiger partial charge in [0.05, 0.1) is 33.7 Å². The van der Waals surface area contributed by atoms with Gasteiger partial charge in [0.15, 0.2) is 11.5 Å². The Morgan fingerprint density at radius 2 is 2.00 bits per heavy atom. The Balaban J connectivity index is 2.44. The van der Waals surface area contributed by atoms with E-state index >= 15 is 0 Å². The fourth-order valence-corrected chi connectivity index (χ4v) is 3.00. The van der Waals surface area contributed by atoms with E-state index in [0.29, 0.717) is 29.2 Å². The number of nitro benzene ring substituents is 1. The predicted octanol–water partition coefficient (Wildman–Crippen LogP) is 6.00. The fraction of sp³-hybridized carbons (Fsp3) is 0.286. The Labute approximate surface area is 172 Å². The van der Waals surface area contributed by atoms with E-state index in [-0.39, 0.29) is 11.8 Å². The molecule has 6 nitrogen and oxygen atoms in total. The van der Waals surface area contributed by atoms with Crippen molar-refractivity contribution in [2.45, 2.75) is 33.3 Å². The lowest BCUT2D eigenvalue weighted by molar-refractivity contribution is -0.384. The largest absolute Gasteiger partial charge is 0.490 e. The van der Waals surface area contributed by atoms with Gasteiger partial charge in [0, 0.05) is 12.1 Å². The smallest absolute Gasteiger partial charge is 0.269 e. The molecule has 0 saturated carbocycles. The Hall–Kier alpha value is -2.85. The summed E-state index contributed by atoms with van der Waals surface area (Å²) in [6.45, 7) is 6.39. The molecule has 0 radical (unpaired) electrons. The van der Waals surface area contributed by atoms with Crippen LogP contribution in [-0.4, -0.2) is 17.6 Å². The number of rotatable bonds is 8. The normalized spacial score (nSPS) is 12.2. The zero-order valence-corrected chi connectivity index (χ0v) is 17.5. The standard InChI is InChI=1S/C21H21BrN2O4/c1-4-14(3)28-21-19(22)11-15(12-20(21)27-5-2)10-17(13-23)16-6-8-18(9-7-16)24(25)26/h6-12,14H,4-5H2,1-3H3/b17-10-/t14-/m0/s1. The molecule has 2 aromatic rings. The molecule has 0 aromatic heterocycles. The molecule has 1 atom stereocenters. The SMILES string of the molecule is CCOc1cc(/C=C(/C#N)c2ccc([N+](=O)[O-])cc2)cc(Br)c1O[C@@H](C)CC. The molecule has 0 bridgehead atoms. The molecule has 0 fully saturated rings. The van der Waals surface area contributed by atoms with E-state index in [0.717, 1.165) is 16.5 Å². The van der Waals surface area contributed by atoms with Crippen LogP contribution < -0.4 is 9.47 Å². The van der Waals surface area contributed by atoms with Gasteiger partial charge < -0.3 is 9.47 Å². The Morgan fingerprint density at radius 1 is 1.32 bits per heavy atom. The summed E-state index contributed by atoms with van der Waals surface area (Å²) in [6.07, 6.45) is 2.60. The Bertz CT molecular complexity index is 917. The molecule has 28 heavy (non-hydrogen) atoms. The van der Waals surface area contributed by atoms with Crippen molar-refractivity contribution in [2.75, 3.05) is 6.61 Å². The maximum atomic E-state index is 10.8. The molecule has 0 aliphatic carbocycles. The van der Waals surface area contributed by atoms with Gasteiger partial charge in [-0.3, -0.25) is 10.1 Å². The second-order valence-electron chi connectivity index (χ2n) is 6.07. The average molecular weight is 445 g/mol. The summed E-state index contributed by atoms with van der Waals surface area (Å²) in [4.78, 5) is 10.3. The third kappa shape index (κ3) is 5.33. The van der Waals surface area contributed by atoms with Crippen LogP contribution in [0.15, 0.2) is 40.9 Å². The summed E-state index contributed by atoms with van der Waals surface area (Å²) in [5.41, 5.74) is 1.72. The van der Waals surface area contributed by atoms with Crippen LogP contribution in [0.4, 0.5) is 5.69 Å². The first kappa shape index (κ1) is 21.5. The third-order valence-corrected chi connectivity index (χ3v) is 4.64. The van der Waals surface area contributed by atoms with E-state index in [1.165, 1.54) is 12.1 Å². The van der Waals surface area contributed by atoms with Crippen molar-refractivity contribution in [3.05, 3.63) is 62.1 Å². The van der Waals surface area contributed by atoms with Crippen molar-refractivity contribution in [3.8, 4) is 17.6 Å². The van der Waals surface area contributed by atoms with Gasteiger partial charge >= 0.3 is 0 Å². The van der Waals surface area contributed by atoms with Crippen molar-refractivity contribution < 1.29 is 14.4 Å². The van der Waals surface area contributed by atoms with Gasteiger partial charge in [-0.2, -0.15) is 5.26 Å². The van der Waals surface area contributed by atoms with Crippen LogP contribution in [0, 0.1) is 21.4 Å². The quantitative estimate of drug-likeness (QED) is 0.215. The van der Waals surface area contributed by atoms with Crippen LogP contribution in [0.1, 0.15) is 38.3 Å². The second-order valence-corrected chi connectivity index (χ2v) is 6.93. The number of nitro groups is 1. The van der Waals surface area contributed by atoms with Crippen molar-refractivity contribution in [2.24, 2.45) is 0 Å². The third-order valence-electron chi connectivity index (χ3n) is 4.05. The van der Waals surface area contributed by atoms with Crippen LogP contribution in [0.25, 0.3) is 11.6 Å². The van der Waals surface area contributed by atoms with Crippen molar-refractivity contribution in [1.82, 2.24) is 0 Å². The molecule has 7 heteroatoms. The molecule has 0 aliphatic heterocycles. The lowest BCUT2D eigenvalue weighted by Crippen LogP contribution is -2.11. The van der Waals surface area contributed by atoms with Gasteiger partial charge in [-0.15, -0.1) is 0 Å². The van der Waals surface area contributed by atoms with Crippen molar-refractivity contribution in [3.63, 3.8) is 0 Å². The molecule has 146 valence electrons. The Morgan fingerprint density at radius 3 is 2.54 bits per heavy atom. The first-order valence-corrected chi connectivity index (χ1v) is 9.68. The molecule has 0 spiro atoms. The van der Waals surface area contributed by atoms with Crippen LogP contribution in [0.5, 0.6) is 11.5 Å². The molecule has 2 rings (SSSR count). The topological polar surface area (TPSA) is 85.4 Å². The summed E-state index contributed by atoms with van der Waals surface area (Å²) < 4.78 is 12.4. The van der Waals surface area contributed by atoms with Crippen molar-refractivity contribution >= 4 is 33.3 Å². The summed E-state index contributed by atoms with van der Waals surface area (Å²) in [7, 11) is 0. The maximum absolute atomic E-state index is 10.8.